The van der Waals surface area contributed by atoms with Gasteiger partial charge in [0.05, 0.1) is 11.8 Å². The highest BCUT2D eigenvalue weighted by atomic mass is 16.2. The van der Waals surface area contributed by atoms with E-state index in [0.29, 0.717) is 11.9 Å². The van der Waals surface area contributed by atoms with E-state index in [1.165, 1.54) is 0 Å². The Morgan fingerprint density at radius 3 is 2.33 bits per heavy atom. The van der Waals surface area contributed by atoms with E-state index >= 15 is 0 Å². The lowest BCUT2D eigenvalue weighted by atomic mass is 10.1. The van der Waals surface area contributed by atoms with Crippen molar-refractivity contribution in [3.05, 3.63) is 41.7 Å². The van der Waals surface area contributed by atoms with Crippen LogP contribution in [0.5, 0.6) is 0 Å². The molecule has 1 N–H and O–H groups in total. The molecule has 0 bridgehead atoms. The summed E-state index contributed by atoms with van der Waals surface area (Å²) in [6, 6.07) is 7.38. The minimum atomic E-state index is 0.301. The molecule has 0 saturated carbocycles. The Kier molecular flexibility index (Phi) is 2.64. The second-order valence-corrected chi connectivity index (χ2v) is 2.57. The fourth-order valence-corrected chi connectivity index (χ4v) is 0.919. The van der Waals surface area contributed by atoms with Crippen LogP contribution in [0.15, 0.2) is 30.5 Å². The normalized spacial score (nSPS) is 11.2. The molecule has 0 spiro atoms. The van der Waals surface area contributed by atoms with Crippen molar-refractivity contribution in [1.29, 1.82) is 0 Å². The molecule has 0 saturated heterocycles. The van der Waals surface area contributed by atoms with E-state index in [2.05, 4.69) is 0 Å². The van der Waals surface area contributed by atoms with Crippen molar-refractivity contribution in [2.75, 3.05) is 0 Å². The van der Waals surface area contributed by atoms with Crippen LogP contribution in [0.25, 0.3) is 5.57 Å². The predicted octanol–water partition coefficient (Wildman–Crippen LogP) is 2.09. The van der Waals surface area contributed by atoms with Gasteiger partial charge in [-0.05, 0) is 12.5 Å². The number of rotatable bonds is 2. The van der Waals surface area contributed by atoms with Gasteiger partial charge in [-0.1, -0.05) is 29.8 Å². The average Bonchev–Trinajstić information content (AvgIpc) is 2.10. The highest BCUT2D eigenvalue weighted by Gasteiger charge is 1.97. The molecule has 0 radical (unpaired) electrons. The molecule has 12 heavy (non-hydrogen) atoms. The van der Waals surface area contributed by atoms with Crippen LogP contribution in [0, 0.1) is 6.92 Å². The van der Waals surface area contributed by atoms with Gasteiger partial charge < -0.3 is 5.11 Å². The highest BCUT2D eigenvalue weighted by molar-refractivity contribution is 6.06. The first-order chi connectivity index (χ1) is 5.77. The van der Waals surface area contributed by atoms with Crippen LogP contribution >= 0.6 is 0 Å². The summed E-state index contributed by atoms with van der Waals surface area (Å²) in [6.45, 7) is 1.97. The largest absolute Gasteiger partial charge is 0.515 e. The number of aliphatic hydroxyl groups is 1. The molecule has 0 unspecified atom stereocenters. The Morgan fingerprint density at radius 2 is 1.92 bits per heavy atom. The van der Waals surface area contributed by atoms with Crippen LogP contribution < -0.4 is 0 Å². The van der Waals surface area contributed by atoms with Crippen LogP contribution in [0.4, 0.5) is 0 Å². The van der Waals surface area contributed by atoms with Gasteiger partial charge in [0.25, 0.3) is 0 Å². The molecule has 0 aliphatic rings. The third-order valence-electron chi connectivity index (χ3n) is 1.65. The Hall–Kier alpha value is -1.57. The fraction of sp³-hybridized carbons (Fsp3) is 0.100. The molecule has 0 atom stereocenters. The van der Waals surface area contributed by atoms with E-state index in [1.54, 1.807) is 12.1 Å². The SMILES string of the molecule is Cc1ccc(C(C=O)=CO)cc1. The smallest absolute Gasteiger partial charge is 0.153 e. The van der Waals surface area contributed by atoms with Crippen LogP contribution in [0.1, 0.15) is 11.1 Å². The van der Waals surface area contributed by atoms with E-state index in [-0.39, 0.29) is 0 Å². The number of aliphatic hydroxyl groups excluding tert-OH is 1. The predicted molar refractivity (Wildman–Crippen MR) is 47.8 cm³/mol. The standard InChI is InChI=1S/C10H10O2/c1-8-2-4-9(5-3-8)10(6-11)7-12/h2-7,11H,1H3. The van der Waals surface area contributed by atoms with Crippen LogP contribution in [0.2, 0.25) is 0 Å². The first kappa shape index (κ1) is 8.53. The van der Waals surface area contributed by atoms with Crippen molar-refractivity contribution in [3.8, 4) is 0 Å². The third kappa shape index (κ3) is 1.72. The molecule has 2 heteroatoms. The van der Waals surface area contributed by atoms with E-state index in [0.717, 1.165) is 17.4 Å². The number of hydrogen-bond donors (Lipinski definition) is 1. The second kappa shape index (κ2) is 3.72. The van der Waals surface area contributed by atoms with E-state index in [4.69, 9.17) is 5.11 Å². The van der Waals surface area contributed by atoms with Crippen LogP contribution in [0.3, 0.4) is 0 Å². The summed E-state index contributed by atoms with van der Waals surface area (Å²) in [4.78, 5) is 10.4. The first-order valence-electron chi connectivity index (χ1n) is 3.64. The topological polar surface area (TPSA) is 37.3 Å². The molecule has 62 valence electrons. The monoisotopic (exact) mass is 162 g/mol. The number of aryl methyl sites for hydroxylation is 1. The molecular weight excluding hydrogens is 152 g/mol. The van der Waals surface area contributed by atoms with Crippen molar-refractivity contribution in [3.63, 3.8) is 0 Å². The average molecular weight is 162 g/mol. The molecule has 2 nitrogen and oxygen atoms in total. The zero-order chi connectivity index (χ0) is 8.97. The van der Waals surface area contributed by atoms with Crippen LogP contribution in [-0.4, -0.2) is 11.4 Å². The van der Waals surface area contributed by atoms with Crippen molar-refractivity contribution >= 4 is 11.9 Å². The summed E-state index contributed by atoms with van der Waals surface area (Å²) in [5.41, 5.74) is 2.16. The summed E-state index contributed by atoms with van der Waals surface area (Å²) >= 11 is 0. The number of hydrogen-bond acceptors (Lipinski definition) is 2. The zero-order valence-electron chi connectivity index (χ0n) is 6.82. The van der Waals surface area contributed by atoms with Gasteiger partial charge in [-0.25, -0.2) is 0 Å². The maximum Gasteiger partial charge on any atom is 0.153 e. The maximum absolute atomic E-state index is 10.4. The van der Waals surface area contributed by atoms with Crippen molar-refractivity contribution in [2.45, 2.75) is 6.92 Å². The maximum atomic E-state index is 10.4. The molecule has 0 amide bonds. The summed E-state index contributed by atoms with van der Waals surface area (Å²) in [5, 5.41) is 8.66. The third-order valence-corrected chi connectivity index (χ3v) is 1.65. The van der Waals surface area contributed by atoms with Gasteiger partial charge in [-0.3, -0.25) is 4.79 Å². The summed E-state index contributed by atoms with van der Waals surface area (Å²) < 4.78 is 0. The highest BCUT2D eigenvalue weighted by Crippen LogP contribution is 2.11. The Morgan fingerprint density at radius 1 is 1.33 bits per heavy atom. The van der Waals surface area contributed by atoms with Crippen LogP contribution in [-0.2, 0) is 4.79 Å². The molecule has 0 aliphatic heterocycles. The lowest BCUT2D eigenvalue weighted by Gasteiger charge is -1.98. The van der Waals surface area contributed by atoms with E-state index in [1.807, 2.05) is 19.1 Å². The number of aldehydes is 1. The minimum Gasteiger partial charge on any atom is -0.515 e. The van der Waals surface area contributed by atoms with Gasteiger partial charge in [-0.2, -0.15) is 0 Å². The number of carbonyl (C=O) groups excluding carboxylic acids is 1. The molecule has 0 fully saturated rings. The lowest BCUT2D eigenvalue weighted by molar-refractivity contribution is -0.103. The minimum absolute atomic E-state index is 0.301. The number of benzene rings is 1. The van der Waals surface area contributed by atoms with Gasteiger partial charge in [0.15, 0.2) is 6.29 Å². The van der Waals surface area contributed by atoms with Gasteiger partial charge in [-0.15, -0.1) is 0 Å². The van der Waals surface area contributed by atoms with E-state index < -0.39 is 0 Å². The Balaban J connectivity index is 3.04. The first-order valence-corrected chi connectivity index (χ1v) is 3.64. The van der Waals surface area contributed by atoms with Crippen molar-refractivity contribution in [1.82, 2.24) is 0 Å². The number of carbonyl (C=O) groups is 1. The quantitative estimate of drug-likeness (QED) is 0.410. The summed E-state index contributed by atoms with van der Waals surface area (Å²) in [7, 11) is 0. The molecule has 1 aromatic rings. The lowest BCUT2D eigenvalue weighted by Crippen LogP contribution is -1.85. The van der Waals surface area contributed by atoms with Crippen molar-refractivity contribution in [2.24, 2.45) is 0 Å². The molecular formula is C10H10O2. The Bertz CT molecular complexity index is 296. The van der Waals surface area contributed by atoms with Gasteiger partial charge in [0, 0.05) is 0 Å². The van der Waals surface area contributed by atoms with Gasteiger partial charge in [0.1, 0.15) is 0 Å². The number of allylic oxidation sites excluding steroid dienone is 1. The molecule has 0 aromatic heterocycles. The molecule has 1 rings (SSSR count). The fourth-order valence-electron chi connectivity index (χ4n) is 0.919. The van der Waals surface area contributed by atoms with Gasteiger partial charge >= 0.3 is 0 Å². The zero-order valence-corrected chi connectivity index (χ0v) is 6.82. The summed E-state index contributed by atoms with van der Waals surface area (Å²) in [6.07, 6.45) is 1.45. The van der Waals surface area contributed by atoms with Gasteiger partial charge in [0.2, 0.25) is 0 Å². The molecule has 1 aromatic carbocycles. The second-order valence-electron chi connectivity index (χ2n) is 2.57. The molecule has 0 heterocycles. The van der Waals surface area contributed by atoms with Crippen molar-refractivity contribution < 1.29 is 9.90 Å². The summed E-state index contributed by atoms with van der Waals surface area (Å²) in [5.74, 6) is 0. The van der Waals surface area contributed by atoms with E-state index in [9.17, 15) is 4.79 Å². The molecule has 0 aliphatic carbocycles. The Labute approximate surface area is 71.2 Å².